The molecule has 0 amide bonds. The Hall–Kier alpha value is -0.490. The molecular formula is C12H20N2O2S. The molecule has 5 heteroatoms. The summed E-state index contributed by atoms with van der Waals surface area (Å²) >= 11 is 1.74. The number of hydrogen-bond acceptors (Lipinski definition) is 5. The summed E-state index contributed by atoms with van der Waals surface area (Å²) in [6.45, 7) is 3.18. The fourth-order valence-corrected chi connectivity index (χ4v) is 2.77. The van der Waals surface area contributed by atoms with Crippen LogP contribution in [0.3, 0.4) is 0 Å². The third kappa shape index (κ3) is 4.03. The SMILES string of the molecule is COCCOCCc1nc(C2CCCN2)cs1. The van der Waals surface area contributed by atoms with Gasteiger partial charge in [0.2, 0.25) is 0 Å². The van der Waals surface area contributed by atoms with Gasteiger partial charge in [0.05, 0.1) is 36.6 Å². The van der Waals surface area contributed by atoms with Gasteiger partial charge in [0, 0.05) is 18.9 Å². The lowest BCUT2D eigenvalue weighted by atomic mass is 10.2. The van der Waals surface area contributed by atoms with Gasteiger partial charge in [-0.1, -0.05) is 0 Å². The van der Waals surface area contributed by atoms with Crippen molar-refractivity contribution in [1.29, 1.82) is 0 Å². The van der Waals surface area contributed by atoms with Gasteiger partial charge in [0.15, 0.2) is 0 Å². The van der Waals surface area contributed by atoms with E-state index in [1.165, 1.54) is 23.5 Å². The summed E-state index contributed by atoms with van der Waals surface area (Å²) in [5, 5.41) is 6.81. The van der Waals surface area contributed by atoms with Crippen molar-refractivity contribution in [1.82, 2.24) is 10.3 Å². The molecule has 1 aliphatic heterocycles. The van der Waals surface area contributed by atoms with E-state index < -0.39 is 0 Å². The Bertz CT molecular complexity index is 324. The monoisotopic (exact) mass is 256 g/mol. The highest BCUT2D eigenvalue weighted by Crippen LogP contribution is 2.24. The molecule has 1 atom stereocenters. The molecule has 0 bridgehead atoms. The molecule has 0 saturated carbocycles. The second-order valence-electron chi connectivity index (χ2n) is 4.17. The van der Waals surface area contributed by atoms with Gasteiger partial charge in [-0.05, 0) is 19.4 Å². The van der Waals surface area contributed by atoms with Crippen LogP contribution in [-0.2, 0) is 15.9 Å². The first kappa shape index (κ1) is 13.0. The number of methoxy groups -OCH3 is 1. The van der Waals surface area contributed by atoms with Crippen molar-refractivity contribution < 1.29 is 9.47 Å². The van der Waals surface area contributed by atoms with E-state index in [-0.39, 0.29) is 0 Å². The van der Waals surface area contributed by atoms with Gasteiger partial charge in [-0.3, -0.25) is 0 Å². The smallest absolute Gasteiger partial charge is 0.0951 e. The van der Waals surface area contributed by atoms with E-state index in [9.17, 15) is 0 Å². The molecule has 4 nitrogen and oxygen atoms in total. The molecule has 1 aromatic heterocycles. The molecule has 0 spiro atoms. The molecule has 0 aliphatic carbocycles. The van der Waals surface area contributed by atoms with Gasteiger partial charge in [-0.2, -0.15) is 0 Å². The number of nitrogens with zero attached hydrogens (tertiary/aromatic N) is 1. The quantitative estimate of drug-likeness (QED) is 0.755. The van der Waals surface area contributed by atoms with Crippen molar-refractivity contribution in [3.63, 3.8) is 0 Å². The van der Waals surface area contributed by atoms with Crippen LogP contribution in [-0.4, -0.2) is 38.5 Å². The predicted molar refractivity (Wildman–Crippen MR) is 68.5 cm³/mol. The molecule has 96 valence electrons. The first-order chi connectivity index (χ1) is 8.40. The zero-order valence-corrected chi connectivity index (χ0v) is 11.1. The maximum absolute atomic E-state index is 5.44. The minimum atomic E-state index is 0.481. The van der Waals surface area contributed by atoms with Crippen LogP contribution < -0.4 is 5.32 Å². The number of thiazole rings is 1. The van der Waals surface area contributed by atoms with E-state index in [0.29, 0.717) is 19.3 Å². The highest BCUT2D eigenvalue weighted by atomic mass is 32.1. The van der Waals surface area contributed by atoms with Crippen molar-refractivity contribution >= 4 is 11.3 Å². The number of hydrogen-bond donors (Lipinski definition) is 1. The highest BCUT2D eigenvalue weighted by molar-refractivity contribution is 7.09. The van der Waals surface area contributed by atoms with Crippen LogP contribution in [0.15, 0.2) is 5.38 Å². The van der Waals surface area contributed by atoms with E-state index in [0.717, 1.165) is 19.6 Å². The van der Waals surface area contributed by atoms with Gasteiger partial charge in [-0.15, -0.1) is 11.3 Å². The second-order valence-corrected chi connectivity index (χ2v) is 5.11. The molecule has 0 aromatic carbocycles. The molecule has 1 aromatic rings. The Balaban J connectivity index is 1.70. The van der Waals surface area contributed by atoms with E-state index in [4.69, 9.17) is 9.47 Å². The van der Waals surface area contributed by atoms with Crippen LogP contribution in [0, 0.1) is 0 Å². The molecule has 1 fully saturated rings. The summed E-state index contributed by atoms with van der Waals surface area (Å²) in [6.07, 6.45) is 3.38. The molecule has 1 N–H and O–H groups in total. The van der Waals surface area contributed by atoms with Gasteiger partial charge in [-0.25, -0.2) is 4.98 Å². The minimum absolute atomic E-state index is 0.481. The highest BCUT2D eigenvalue weighted by Gasteiger charge is 2.18. The average Bonchev–Trinajstić information content (AvgIpc) is 2.99. The summed E-state index contributed by atoms with van der Waals surface area (Å²) < 4.78 is 10.4. The lowest BCUT2D eigenvalue weighted by Gasteiger charge is -2.05. The fraction of sp³-hybridized carbons (Fsp3) is 0.750. The summed E-state index contributed by atoms with van der Waals surface area (Å²) in [5.41, 5.74) is 1.21. The summed E-state index contributed by atoms with van der Waals surface area (Å²) in [7, 11) is 1.69. The fourth-order valence-electron chi connectivity index (χ4n) is 1.94. The maximum Gasteiger partial charge on any atom is 0.0951 e. The average molecular weight is 256 g/mol. The van der Waals surface area contributed by atoms with Crippen molar-refractivity contribution in [2.75, 3.05) is 33.5 Å². The minimum Gasteiger partial charge on any atom is -0.382 e. The molecule has 1 unspecified atom stereocenters. The second kappa shape index (κ2) is 7.06. The van der Waals surface area contributed by atoms with Crippen LogP contribution in [0.1, 0.15) is 29.6 Å². The standard InChI is InChI=1S/C12H20N2O2S/c1-15-7-8-16-6-4-12-14-11(9-17-12)10-3-2-5-13-10/h9-10,13H,2-8H2,1H3. The van der Waals surface area contributed by atoms with Crippen molar-refractivity contribution in [3.05, 3.63) is 16.1 Å². The Morgan fingerprint density at radius 2 is 2.41 bits per heavy atom. The van der Waals surface area contributed by atoms with Crippen molar-refractivity contribution in [3.8, 4) is 0 Å². The topological polar surface area (TPSA) is 43.4 Å². The summed E-state index contributed by atoms with van der Waals surface area (Å²) in [5.74, 6) is 0. The Morgan fingerprint density at radius 1 is 1.47 bits per heavy atom. The van der Waals surface area contributed by atoms with Crippen LogP contribution in [0.2, 0.25) is 0 Å². The zero-order valence-electron chi connectivity index (χ0n) is 10.3. The van der Waals surface area contributed by atoms with E-state index in [1.54, 1.807) is 18.4 Å². The first-order valence-corrected chi connectivity index (χ1v) is 7.02. The van der Waals surface area contributed by atoms with Crippen LogP contribution in [0.25, 0.3) is 0 Å². The Morgan fingerprint density at radius 3 is 3.18 bits per heavy atom. The first-order valence-electron chi connectivity index (χ1n) is 6.14. The van der Waals surface area contributed by atoms with E-state index in [2.05, 4.69) is 15.7 Å². The van der Waals surface area contributed by atoms with Gasteiger partial charge in [0.25, 0.3) is 0 Å². The summed E-state index contributed by atoms with van der Waals surface area (Å²) in [4.78, 5) is 4.65. The molecule has 1 aliphatic rings. The van der Waals surface area contributed by atoms with Crippen molar-refractivity contribution in [2.24, 2.45) is 0 Å². The molecule has 1 saturated heterocycles. The van der Waals surface area contributed by atoms with Crippen molar-refractivity contribution in [2.45, 2.75) is 25.3 Å². The molecular weight excluding hydrogens is 236 g/mol. The predicted octanol–water partition coefficient (Wildman–Crippen LogP) is 1.77. The number of rotatable bonds is 7. The largest absolute Gasteiger partial charge is 0.382 e. The van der Waals surface area contributed by atoms with Gasteiger partial charge < -0.3 is 14.8 Å². The Labute approximate surface area is 106 Å². The normalized spacial score (nSPS) is 19.9. The third-order valence-corrected chi connectivity index (χ3v) is 3.81. The van der Waals surface area contributed by atoms with Crippen LogP contribution in [0.5, 0.6) is 0 Å². The number of nitrogens with one attached hydrogen (secondary N) is 1. The number of ether oxygens (including phenoxy) is 2. The van der Waals surface area contributed by atoms with E-state index in [1.807, 2.05) is 0 Å². The van der Waals surface area contributed by atoms with Gasteiger partial charge >= 0.3 is 0 Å². The van der Waals surface area contributed by atoms with E-state index >= 15 is 0 Å². The van der Waals surface area contributed by atoms with Crippen LogP contribution in [0.4, 0.5) is 0 Å². The maximum atomic E-state index is 5.44. The molecule has 2 rings (SSSR count). The molecule has 2 heterocycles. The van der Waals surface area contributed by atoms with Crippen LogP contribution >= 0.6 is 11.3 Å². The number of aromatic nitrogens is 1. The third-order valence-electron chi connectivity index (χ3n) is 2.88. The molecule has 0 radical (unpaired) electrons. The lowest BCUT2D eigenvalue weighted by Crippen LogP contribution is -2.13. The van der Waals surface area contributed by atoms with Gasteiger partial charge in [0.1, 0.15) is 0 Å². The lowest BCUT2D eigenvalue weighted by molar-refractivity contribution is 0.0722. The Kier molecular flexibility index (Phi) is 5.38. The molecule has 17 heavy (non-hydrogen) atoms. The summed E-state index contributed by atoms with van der Waals surface area (Å²) in [6, 6.07) is 0.481. The zero-order chi connectivity index (χ0) is 11.9.